The minimum atomic E-state index is -1.06. The molecule has 2 nitrogen and oxygen atoms in total. The van der Waals surface area contributed by atoms with Gasteiger partial charge in [0, 0.05) is 15.6 Å². The van der Waals surface area contributed by atoms with Crippen molar-refractivity contribution in [2.24, 2.45) is 0 Å². The Balaban J connectivity index is 2.45. The highest BCUT2D eigenvalue weighted by Crippen LogP contribution is 2.33. The Morgan fingerprint density at radius 2 is 1.95 bits per heavy atom. The molecule has 0 spiro atoms. The van der Waals surface area contributed by atoms with Gasteiger partial charge in [-0.2, -0.15) is 0 Å². The molecule has 19 heavy (non-hydrogen) atoms. The summed E-state index contributed by atoms with van der Waals surface area (Å²) in [5.74, 6) is 0.124. The van der Waals surface area contributed by atoms with Crippen molar-refractivity contribution in [2.45, 2.75) is 13.0 Å². The molecule has 0 heterocycles. The van der Waals surface area contributed by atoms with Crippen LogP contribution in [0.2, 0.25) is 0 Å². The molecule has 0 aliphatic heterocycles. The van der Waals surface area contributed by atoms with Crippen molar-refractivity contribution >= 4 is 15.9 Å². The van der Waals surface area contributed by atoms with Crippen LogP contribution in [0.3, 0.4) is 0 Å². The number of hydrogen-bond donors (Lipinski definition) is 1. The molecule has 1 unspecified atom stereocenters. The Morgan fingerprint density at radius 3 is 2.63 bits per heavy atom. The third-order valence-corrected chi connectivity index (χ3v) is 3.26. The van der Waals surface area contributed by atoms with E-state index in [1.807, 2.05) is 13.0 Å². The number of rotatable bonds is 4. The van der Waals surface area contributed by atoms with Gasteiger partial charge < -0.3 is 9.84 Å². The number of aliphatic hydroxyl groups excluding tert-OH is 1. The molecule has 0 radical (unpaired) electrons. The predicted octanol–water partition coefficient (Wildman–Crippen LogP) is 4.07. The van der Waals surface area contributed by atoms with E-state index in [9.17, 15) is 9.50 Å². The molecule has 4 heteroatoms. The van der Waals surface area contributed by atoms with Crippen molar-refractivity contribution in [3.8, 4) is 5.75 Å². The van der Waals surface area contributed by atoms with E-state index in [0.29, 0.717) is 17.9 Å². The van der Waals surface area contributed by atoms with E-state index in [1.54, 1.807) is 30.3 Å². The fourth-order valence-electron chi connectivity index (χ4n) is 1.88. The molecule has 0 bridgehead atoms. The highest BCUT2D eigenvalue weighted by Gasteiger charge is 2.19. The van der Waals surface area contributed by atoms with Gasteiger partial charge in [-0.25, -0.2) is 4.39 Å². The number of hydrogen-bond acceptors (Lipinski definition) is 2. The Labute approximate surface area is 120 Å². The summed E-state index contributed by atoms with van der Waals surface area (Å²) < 4.78 is 20.0. The van der Waals surface area contributed by atoms with Crippen LogP contribution in [0.15, 0.2) is 46.9 Å². The lowest BCUT2D eigenvalue weighted by Crippen LogP contribution is -2.06. The zero-order valence-corrected chi connectivity index (χ0v) is 12.0. The summed E-state index contributed by atoms with van der Waals surface area (Å²) in [5, 5.41) is 10.4. The first kappa shape index (κ1) is 14.0. The average Bonchev–Trinajstić information content (AvgIpc) is 2.41. The topological polar surface area (TPSA) is 29.5 Å². The second kappa shape index (κ2) is 6.17. The third-order valence-electron chi connectivity index (χ3n) is 2.77. The molecule has 0 aromatic heterocycles. The van der Waals surface area contributed by atoms with Crippen molar-refractivity contribution < 1.29 is 14.2 Å². The van der Waals surface area contributed by atoms with Gasteiger partial charge in [-0.3, -0.25) is 0 Å². The largest absolute Gasteiger partial charge is 0.493 e. The normalized spacial score (nSPS) is 12.2. The maximum Gasteiger partial charge on any atom is 0.129 e. The summed E-state index contributed by atoms with van der Waals surface area (Å²) in [5.41, 5.74) is 0.780. The molecule has 1 N–H and O–H groups in total. The summed E-state index contributed by atoms with van der Waals surface area (Å²) in [4.78, 5) is 0. The predicted molar refractivity (Wildman–Crippen MR) is 75.8 cm³/mol. The number of aliphatic hydroxyl groups is 1. The monoisotopic (exact) mass is 324 g/mol. The summed E-state index contributed by atoms with van der Waals surface area (Å²) >= 11 is 3.35. The zero-order chi connectivity index (χ0) is 13.8. The molecular weight excluding hydrogens is 311 g/mol. The Morgan fingerprint density at radius 1 is 1.21 bits per heavy atom. The summed E-state index contributed by atoms with van der Waals surface area (Å²) in [6.45, 7) is 2.35. The highest BCUT2D eigenvalue weighted by atomic mass is 79.9. The van der Waals surface area contributed by atoms with Crippen LogP contribution in [0.4, 0.5) is 4.39 Å². The first-order valence-electron chi connectivity index (χ1n) is 5.98. The minimum Gasteiger partial charge on any atom is -0.493 e. The lowest BCUT2D eigenvalue weighted by Gasteiger charge is -2.17. The van der Waals surface area contributed by atoms with Crippen molar-refractivity contribution in [2.75, 3.05) is 6.61 Å². The van der Waals surface area contributed by atoms with Crippen LogP contribution in [-0.4, -0.2) is 11.7 Å². The third kappa shape index (κ3) is 3.14. The van der Waals surface area contributed by atoms with E-state index >= 15 is 0 Å². The number of halogens is 2. The van der Waals surface area contributed by atoms with Crippen LogP contribution in [0, 0.1) is 5.82 Å². The standard InChI is InChI=1S/C15H14BrFO2/c1-2-19-14-8-7-10(16)9-12(14)15(18)11-5-3-4-6-13(11)17/h3-9,15,18H,2H2,1H3. The molecular formula is C15H14BrFO2. The molecule has 1 atom stereocenters. The summed E-state index contributed by atoms with van der Waals surface area (Å²) in [7, 11) is 0. The Bertz CT molecular complexity index is 572. The van der Waals surface area contributed by atoms with E-state index in [1.165, 1.54) is 6.07 Å². The van der Waals surface area contributed by atoms with Crippen LogP contribution < -0.4 is 4.74 Å². The van der Waals surface area contributed by atoms with Crippen LogP contribution in [0.5, 0.6) is 5.75 Å². The molecule has 0 saturated carbocycles. The SMILES string of the molecule is CCOc1ccc(Br)cc1C(O)c1ccccc1F. The van der Waals surface area contributed by atoms with Gasteiger partial charge in [0.05, 0.1) is 6.61 Å². The van der Waals surface area contributed by atoms with E-state index in [0.717, 1.165) is 4.47 Å². The minimum absolute atomic E-state index is 0.238. The molecule has 0 aliphatic rings. The summed E-state index contributed by atoms with van der Waals surface area (Å²) in [6.07, 6.45) is -1.06. The van der Waals surface area contributed by atoms with Crippen LogP contribution >= 0.6 is 15.9 Å². The van der Waals surface area contributed by atoms with Gasteiger partial charge in [-0.05, 0) is 31.2 Å². The highest BCUT2D eigenvalue weighted by molar-refractivity contribution is 9.10. The van der Waals surface area contributed by atoms with Gasteiger partial charge in [0.15, 0.2) is 0 Å². The first-order valence-corrected chi connectivity index (χ1v) is 6.77. The lowest BCUT2D eigenvalue weighted by molar-refractivity contribution is 0.207. The maximum absolute atomic E-state index is 13.7. The molecule has 2 aromatic carbocycles. The smallest absolute Gasteiger partial charge is 0.129 e. The van der Waals surface area contributed by atoms with Gasteiger partial charge in [-0.1, -0.05) is 34.1 Å². The lowest BCUT2D eigenvalue weighted by atomic mass is 10.0. The molecule has 0 saturated heterocycles. The van der Waals surface area contributed by atoms with Gasteiger partial charge in [0.25, 0.3) is 0 Å². The summed E-state index contributed by atoms with van der Waals surface area (Å²) in [6, 6.07) is 11.5. The van der Waals surface area contributed by atoms with Crippen LogP contribution in [0.1, 0.15) is 24.2 Å². The molecule has 0 amide bonds. The Hall–Kier alpha value is -1.39. The van der Waals surface area contributed by atoms with E-state index < -0.39 is 11.9 Å². The van der Waals surface area contributed by atoms with Gasteiger partial charge >= 0.3 is 0 Å². The van der Waals surface area contributed by atoms with Crippen LogP contribution in [0.25, 0.3) is 0 Å². The molecule has 100 valence electrons. The van der Waals surface area contributed by atoms with Crippen molar-refractivity contribution in [1.82, 2.24) is 0 Å². The molecule has 2 aromatic rings. The molecule has 0 fully saturated rings. The van der Waals surface area contributed by atoms with Crippen molar-refractivity contribution in [3.05, 3.63) is 63.9 Å². The second-order valence-electron chi connectivity index (χ2n) is 4.04. The van der Waals surface area contributed by atoms with Gasteiger partial charge in [-0.15, -0.1) is 0 Å². The van der Waals surface area contributed by atoms with Crippen molar-refractivity contribution in [3.63, 3.8) is 0 Å². The average molecular weight is 325 g/mol. The fourth-order valence-corrected chi connectivity index (χ4v) is 2.26. The number of ether oxygens (including phenoxy) is 1. The van der Waals surface area contributed by atoms with Gasteiger partial charge in [0.1, 0.15) is 17.7 Å². The number of benzene rings is 2. The maximum atomic E-state index is 13.7. The molecule has 2 rings (SSSR count). The van der Waals surface area contributed by atoms with E-state index in [2.05, 4.69) is 15.9 Å². The van der Waals surface area contributed by atoms with Crippen molar-refractivity contribution in [1.29, 1.82) is 0 Å². The zero-order valence-electron chi connectivity index (χ0n) is 10.4. The molecule has 0 aliphatic carbocycles. The second-order valence-corrected chi connectivity index (χ2v) is 4.95. The van der Waals surface area contributed by atoms with E-state index in [4.69, 9.17) is 4.74 Å². The van der Waals surface area contributed by atoms with E-state index in [-0.39, 0.29) is 5.56 Å². The van der Waals surface area contributed by atoms with Crippen LogP contribution in [-0.2, 0) is 0 Å². The first-order chi connectivity index (χ1) is 9.13. The quantitative estimate of drug-likeness (QED) is 0.918. The Kier molecular flexibility index (Phi) is 4.56. The fraction of sp³-hybridized carbons (Fsp3) is 0.200. The van der Waals surface area contributed by atoms with Gasteiger partial charge in [0.2, 0.25) is 0 Å².